The highest BCUT2D eigenvalue weighted by Crippen LogP contribution is 2.31. The molecule has 0 spiro atoms. The molecule has 0 unspecified atom stereocenters. The normalized spacial score (nSPS) is 16.6. The van der Waals surface area contributed by atoms with Gasteiger partial charge in [-0.3, -0.25) is 9.78 Å². The van der Waals surface area contributed by atoms with Crippen LogP contribution in [0.1, 0.15) is 56.1 Å². The number of carbonyl (C=O) groups is 1. The van der Waals surface area contributed by atoms with Crippen molar-refractivity contribution >= 4 is 5.91 Å². The molecule has 1 atom stereocenters. The summed E-state index contributed by atoms with van der Waals surface area (Å²) in [5.74, 6) is 0.828. The van der Waals surface area contributed by atoms with Crippen LogP contribution in [0, 0.1) is 0 Å². The van der Waals surface area contributed by atoms with Gasteiger partial charge in [0.15, 0.2) is 5.82 Å². The third-order valence-electron chi connectivity index (χ3n) is 4.20. The van der Waals surface area contributed by atoms with E-state index in [0.717, 1.165) is 11.4 Å². The van der Waals surface area contributed by atoms with Gasteiger partial charge in [0.05, 0.1) is 12.5 Å². The smallest absolute Gasteiger partial charge is 0.225 e. The fraction of sp³-hybridized carbons (Fsp3) is 0.500. The van der Waals surface area contributed by atoms with Crippen molar-refractivity contribution in [2.24, 2.45) is 0 Å². The van der Waals surface area contributed by atoms with E-state index in [-0.39, 0.29) is 11.9 Å². The van der Waals surface area contributed by atoms with Crippen LogP contribution in [-0.4, -0.2) is 25.7 Å². The third-order valence-corrected chi connectivity index (χ3v) is 4.20. The fourth-order valence-corrected chi connectivity index (χ4v) is 3.07. The van der Waals surface area contributed by atoms with Gasteiger partial charge < -0.3 is 9.88 Å². The van der Waals surface area contributed by atoms with Gasteiger partial charge in [0.1, 0.15) is 6.33 Å². The molecule has 6 nitrogen and oxygen atoms in total. The van der Waals surface area contributed by atoms with Crippen LogP contribution in [0.2, 0.25) is 0 Å². The number of nitrogens with zero attached hydrogens (tertiary/aromatic N) is 4. The minimum absolute atomic E-state index is 0.0142. The van der Waals surface area contributed by atoms with E-state index >= 15 is 0 Å². The lowest BCUT2D eigenvalue weighted by atomic mass is 10.2. The van der Waals surface area contributed by atoms with Crippen molar-refractivity contribution in [2.45, 2.75) is 51.1 Å². The number of nitrogens with one attached hydrogen (secondary N) is 1. The van der Waals surface area contributed by atoms with Crippen LogP contribution < -0.4 is 5.32 Å². The minimum Gasteiger partial charge on any atom is -0.346 e. The number of hydrogen-bond acceptors (Lipinski definition) is 4. The lowest BCUT2D eigenvalue weighted by Gasteiger charge is -2.18. The highest BCUT2D eigenvalue weighted by Gasteiger charge is 2.23. The van der Waals surface area contributed by atoms with E-state index in [9.17, 15) is 4.79 Å². The summed E-state index contributed by atoms with van der Waals surface area (Å²) in [4.78, 5) is 16.1. The van der Waals surface area contributed by atoms with E-state index in [0.29, 0.717) is 12.5 Å². The SMILES string of the molecule is C[C@H](NC(=O)Cc1ccncc1)c1nncn1C1CCCC1. The first kappa shape index (κ1) is 14.7. The topological polar surface area (TPSA) is 72.7 Å². The van der Waals surface area contributed by atoms with E-state index < -0.39 is 0 Å². The van der Waals surface area contributed by atoms with Crippen LogP contribution in [0.25, 0.3) is 0 Å². The Morgan fingerprint density at radius 3 is 2.82 bits per heavy atom. The van der Waals surface area contributed by atoms with Crippen LogP contribution in [0.4, 0.5) is 0 Å². The second-order valence-electron chi connectivity index (χ2n) is 5.86. The zero-order valence-electron chi connectivity index (χ0n) is 12.8. The number of hydrogen-bond donors (Lipinski definition) is 1. The van der Waals surface area contributed by atoms with Crippen molar-refractivity contribution in [1.82, 2.24) is 25.1 Å². The molecule has 1 fully saturated rings. The van der Waals surface area contributed by atoms with Gasteiger partial charge in [-0.15, -0.1) is 10.2 Å². The molecule has 1 saturated carbocycles. The van der Waals surface area contributed by atoms with E-state index in [1.165, 1.54) is 25.7 Å². The summed E-state index contributed by atoms with van der Waals surface area (Å²) >= 11 is 0. The summed E-state index contributed by atoms with van der Waals surface area (Å²) in [6.07, 6.45) is 10.4. The van der Waals surface area contributed by atoms with Gasteiger partial charge in [0, 0.05) is 18.4 Å². The first-order chi connectivity index (χ1) is 10.7. The molecule has 1 amide bonds. The second-order valence-corrected chi connectivity index (χ2v) is 5.86. The number of pyridine rings is 1. The molecule has 0 aromatic carbocycles. The molecule has 2 aromatic heterocycles. The number of amides is 1. The number of aromatic nitrogens is 4. The van der Waals surface area contributed by atoms with E-state index in [4.69, 9.17) is 0 Å². The molecule has 0 radical (unpaired) electrons. The minimum atomic E-state index is -0.141. The Kier molecular flexibility index (Phi) is 4.46. The molecule has 3 rings (SSSR count). The highest BCUT2D eigenvalue weighted by molar-refractivity contribution is 5.78. The molecule has 0 bridgehead atoms. The Hall–Kier alpha value is -2.24. The average molecular weight is 299 g/mol. The van der Waals surface area contributed by atoms with Gasteiger partial charge >= 0.3 is 0 Å². The van der Waals surface area contributed by atoms with Crippen LogP contribution in [0.15, 0.2) is 30.9 Å². The van der Waals surface area contributed by atoms with Gasteiger partial charge in [-0.1, -0.05) is 12.8 Å². The summed E-state index contributed by atoms with van der Waals surface area (Å²) in [6, 6.07) is 4.04. The highest BCUT2D eigenvalue weighted by atomic mass is 16.1. The Labute approximate surface area is 130 Å². The molecule has 1 aliphatic rings. The summed E-state index contributed by atoms with van der Waals surface area (Å²) in [5.41, 5.74) is 0.956. The van der Waals surface area contributed by atoms with Crippen molar-refractivity contribution in [3.05, 3.63) is 42.2 Å². The van der Waals surface area contributed by atoms with E-state index in [1.807, 2.05) is 19.1 Å². The molecule has 6 heteroatoms. The standard InChI is InChI=1S/C16H21N5O/c1-12(19-15(22)10-13-6-8-17-9-7-13)16-20-18-11-21(16)14-4-2-3-5-14/h6-9,11-12,14H,2-5,10H2,1H3,(H,19,22)/t12-/m0/s1. The van der Waals surface area contributed by atoms with E-state index in [2.05, 4.69) is 25.1 Å². The van der Waals surface area contributed by atoms with Crippen molar-refractivity contribution in [2.75, 3.05) is 0 Å². The van der Waals surface area contributed by atoms with Crippen LogP contribution in [0.3, 0.4) is 0 Å². The quantitative estimate of drug-likeness (QED) is 0.918. The van der Waals surface area contributed by atoms with Gasteiger partial charge in [-0.25, -0.2) is 0 Å². The lowest BCUT2D eigenvalue weighted by molar-refractivity contribution is -0.121. The van der Waals surface area contributed by atoms with Crippen molar-refractivity contribution in [3.8, 4) is 0 Å². The average Bonchev–Trinajstić information content (AvgIpc) is 3.19. The van der Waals surface area contributed by atoms with Gasteiger partial charge in [0.2, 0.25) is 5.91 Å². The third kappa shape index (κ3) is 3.32. The molecular formula is C16H21N5O. The first-order valence-electron chi connectivity index (χ1n) is 7.81. The largest absolute Gasteiger partial charge is 0.346 e. The van der Waals surface area contributed by atoms with Gasteiger partial charge in [-0.05, 0) is 37.5 Å². The Morgan fingerprint density at radius 2 is 2.09 bits per heavy atom. The Morgan fingerprint density at radius 1 is 1.36 bits per heavy atom. The summed E-state index contributed by atoms with van der Waals surface area (Å²) in [7, 11) is 0. The summed E-state index contributed by atoms with van der Waals surface area (Å²) in [6.45, 7) is 1.96. The molecule has 0 saturated heterocycles. The predicted octanol–water partition coefficient (Wildman–Crippen LogP) is 2.21. The number of rotatable bonds is 5. The van der Waals surface area contributed by atoms with Crippen molar-refractivity contribution in [3.63, 3.8) is 0 Å². The summed E-state index contributed by atoms with van der Waals surface area (Å²) < 4.78 is 2.13. The van der Waals surface area contributed by atoms with E-state index in [1.54, 1.807) is 18.7 Å². The Bertz CT molecular complexity index is 618. The van der Waals surface area contributed by atoms with Crippen molar-refractivity contribution in [1.29, 1.82) is 0 Å². The zero-order valence-corrected chi connectivity index (χ0v) is 12.8. The maximum atomic E-state index is 12.2. The molecule has 1 N–H and O–H groups in total. The molecule has 2 aromatic rings. The zero-order chi connectivity index (χ0) is 15.4. The molecule has 22 heavy (non-hydrogen) atoms. The number of carbonyl (C=O) groups excluding carboxylic acids is 1. The monoisotopic (exact) mass is 299 g/mol. The van der Waals surface area contributed by atoms with Crippen LogP contribution in [-0.2, 0) is 11.2 Å². The predicted molar refractivity (Wildman–Crippen MR) is 82.0 cm³/mol. The first-order valence-corrected chi connectivity index (χ1v) is 7.81. The van der Waals surface area contributed by atoms with Crippen molar-refractivity contribution < 1.29 is 4.79 Å². The second kappa shape index (κ2) is 6.68. The maximum Gasteiger partial charge on any atom is 0.225 e. The molecule has 2 heterocycles. The Balaban J connectivity index is 1.63. The molecular weight excluding hydrogens is 278 g/mol. The van der Waals surface area contributed by atoms with Crippen LogP contribution in [0.5, 0.6) is 0 Å². The van der Waals surface area contributed by atoms with Gasteiger partial charge in [0.25, 0.3) is 0 Å². The lowest BCUT2D eigenvalue weighted by Crippen LogP contribution is -2.30. The molecule has 0 aliphatic heterocycles. The summed E-state index contributed by atoms with van der Waals surface area (Å²) in [5, 5.41) is 11.3. The maximum absolute atomic E-state index is 12.2. The molecule has 116 valence electrons. The fourth-order valence-electron chi connectivity index (χ4n) is 3.07. The van der Waals surface area contributed by atoms with Crippen LogP contribution >= 0.6 is 0 Å². The molecule has 1 aliphatic carbocycles. The van der Waals surface area contributed by atoms with Gasteiger partial charge in [-0.2, -0.15) is 0 Å².